The lowest BCUT2D eigenvalue weighted by Crippen LogP contribution is -2.32. The third-order valence-electron chi connectivity index (χ3n) is 8.78. The minimum Gasteiger partial charge on any atom is -0.457 e. The maximum absolute atomic E-state index is 6.23. The topological polar surface area (TPSA) is 70.5 Å². The molecule has 4 N–H and O–H groups in total. The monoisotopic (exact) mass is 554 g/mol. The van der Waals surface area contributed by atoms with Crippen LogP contribution in [-0.4, -0.2) is 0 Å². The van der Waals surface area contributed by atoms with Gasteiger partial charge in [-0.05, 0) is 134 Å². The summed E-state index contributed by atoms with van der Waals surface area (Å²) in [4.78, 5) is 0. The summed E-state index contributed by atoms with van der Waals surface area (Å²) in [5.74, 6) is 3.86. The van der Waals surface area contributed by atoms with Gasteiger partial charge in [0.15, 0.2) is 0 Å². The predicted molar refractivity (Wildman–Crippen MR) is 173 cm³/mol. The van der Waals surface area contributed by atoms with Crippen LogP contribution < -0.4 is 20.9 Å². The molecular weight excluding hydrogens is 516 g/mol. The Bertz CT molecular complexity index is 1550. The lowest BCUT2D eigenvalue weighted by atomic mass is 9.62. The molecule has 0 atom stereocenters. The molecule has 0 bridgehead atoms. The minimum atomic E-state index is -0.0867. The van der Waals surface area contributed by atoms with Crippen LogP contribution in [0.4, 0.5) is 11.4 Å². The standard InChI is InChI=1S/C38H38N2O2/c1-26-24-32(39)12-18-36(26)41-34-14-8-30(9-15-34)38(22-20-29(21-23-38)28-6-4-3-5-7-28)31-10-16-35(17-11-31)42-37-19-13-33(40)25-27(37)2/h3-19,24-25,29H,20-23,39-40H2,1-2H3. The van der Waals surface area contributed by atoms with Gasteiger partial charge in [0.25, 0.3) is 0 Å². The van der Waals surface area contributed by atoms with Crippen LogP contribution in [0.3, 0.4) is 0 Å². The number of hydrogen-bond donors (Lipinski definition) is 2. The van der Waals surface area contributed by atoms with Gasteiger partial charge in [-0.25, -0.2) is 0 Å². The highest BCUT2D eigenvalue weighted by atomic mass is 16.5. The molecule has 4 nitrogen and oxygen atoms in total. The SMILES string of the molecule is Cc1cc(N)ccc1Oc1ccc(C2(c3ccc(Oc4ccc(N)cc4C)cc3)CCC(c3ccccc3)CC2)cc1. The molecule has 1 aliphatic carbocycles. The number of aryl methyl sites for hydroxylation is 2. The number of nitrogens with two attached hydrogens (primary N) is 2. The average Bonchev–Trinajstić information content (AvgIpc) is 3.01. The first kappa shape index (κ1) is 27.5. The van der Waals surface area contributed by atoms with E-state index >= 15 is 0 Å². The number of nitrogen functional groups attached to an aromatic ring is 2. The third-order valence-corrected chi connectivity index (χ3v) is 8.78. The zero-order valence-corrected chi connectivity index (χ0v) is 24.3. The van der Waals surface area contributed by atoms with Gasteiger partial charge in [0.2, 0.25) is 0 Å². The fraction of sp³-hybridized carbons (Fsp3) is 0.211. The van der Waals surface area contributed by atoms with Crippen molar-refractivity contribution in [3.05, 3.63) is 143 Å². The molecule has 1 saturated carbocycles. The highest BCUT2D eigenvalue weighted by Crippen LogP contribution is 2.49. The summed E-state index contributed by atoms with van der Waals surface area (Å²) in [5.41, 5.74) is 19.4. The van der Waals surface area contributed by atoms with Crippen LogP contribution in [0.2, 0.25) is 0 Å². The van der Waals surface area contributed by atoms with Crippen LogP contribution in [-0.2, 0) is 5.41 Å². The summed E-state index contributed by atoms with van der Waals surface area (Å²) in [6, 6.07) is 39.8. The number of anilines is 2. The van der Waals surface area contributed by atoms with Gasteiger partial charge in [-0.3, -0.25) is 0 Å². The summed E-state index contributed by atoms with van der Waals surface area (Å²) >= 11 is 0. The molecule has 6 rings (SSSR count). The van der Waals surface area contributed by atoms with Crippen molar-refractivity contribution in [3.63, 3.8) is 0 Å². The first-order chi connectivity index (χ1) is 20.4. The van der Waals surface area contributed by atoms with Crippen molar-refractivity contribution in [2.24, 2.45) is 0 Å². The van der Waals surface area contributed by atoms with Crippen LogP contribution in [0.1, 0.15) is 59.4 Å². The van der Waals surface area contributed by atoms with Gasteiger partial charge in [-0.1, -0.05) is 54.6 Å². The Kier molecular flexibility index (Phi) is 7.62. The Morgan fingerprint density at radius 3 is 1.45 bits per heavy atom. The van der Waals surface area contributed by atoms with Gasteiger partial charge in [0.1, 0.15) is 23.0 Å². The van der Waals surface area contributed by atoms with Gasteiger partial charge >= 0.3 is 0 Å². The highest BCUT2D eigenvalue weighted by molar-refractivity contribution is 5.51. The lowest BCUT2D eigenvalue weighted by Gasteiger charge is -2.41. The van der Waals surface area contributed by atoms with Crippen molar-refractivity contribution in [3.8, 4) is 23.0 Å². The van der Waals surface area contributed by atoms with E-state index in [1.165, 1.54) is 16.7 Å². The van der Waals surface area contributed by atoms with E-state index in [1.54, 1.807) is 0 Å². The van der Waals surface area contributed by atoms with Crippen molar-refractivity contribution < 1.29 is 9.47 Å². The Morgan fingerprint density at radius 1 is 0.571 bits per heavy atom. The molecule has 1 aliphatic rings. The molecule has 1 fully saturated rings. The molecule has 0 aliphatic heterocycles. The van der Waals surface area contributed by atoms with Gasteiger partial charge < -0.3 is 20.9 Å². The first-order valence-electron chi connectivity index (χ1n) is 14.7. The summed E-state index contributed by atoms with van der Waals surface area (Å²) in [6.45, 7) is 4.03. The summed E-state index contributed by atoms with van der Waals surface area (Å²) in [6.07, 6.45) is 4.41. The second kappa shape index (κ2) is 11.7. The molecule has 0 heterocycles. The smallest absolute Gasteiger partial charge is 0.130 e. The Morgan fingerprint density at radius 2 is 1.02 bits per heavy atom. The van der Waals surface area contributed by atoms with Crippen LogP contribution in [0.15, 0.2) is 115 Å². The maximum atomic E-state index is 6.23. The minimum absolute atomic E-state index is 0.0867. The second-order valence-corrected chi connectivity index (χ2v) is 11.6. The Labute approximate surface area is 248 Å². The lowest BCUT2D eigenvalue weighted by molar-refractivity contribution is 0.314. The second-order valence-electron chi connectivity index (χ2n) is 11.6. The van der Waals surface area contributed by atoms with Crippen molar-refractivity contribution in [1.29, 1.82) is 0 Å². The Balaban J connectivity index is 1.28. The van der Waals surface area contributed by atoms with Gasteiger partial charge in [-0.2, -0.15) is 0 Å². The predicted octanol–water partition coefficient (Wildman–Crippen LogP) is 9.70. The van der Waals surface area contributed by atoms with Gasteiger partial charge in [0, 0.05) is 16.8 Å². The van der Waals surface area contributed by atoms with E-state index < -0.39 is 0 Å². The molecule has 5 aromatic carbocycles. The van der Waals surface area contributed by atoms with Crippen LogP contribution in [0.25, 0.3) is 0 Å². The van der Waals surface area contributed by atoms with E-state index in [9.17, 15) is 0 Å². The molecule has 0 saturated heterocycles. The normalized spacial score (nSPS) is 14.8. The number of ether oxygens (including phenoxy) is 2. The molecule has 0 amide bonds. The van der Waals surface area contributed by atoms with E-state index in [0.717, 1.165) is 71.2 Å². The van der Waals surface area contributed by atoms with E-state index in [-0.39, 0.29) is 5.41 Å². The van der Waals surface area contributed by atoms with E-state index in [0.29, 0.717) is 5.92 Å². The van der Waals surface area contributed by atoms with Gasteiger partial charge in [0.05, 0.1) is 0 Å². The quantitative estimate of drug-likeness (QED) is 0.196. The van der Waals surface area contributed by atoms with Crippen molar-refractivity contribution >= 4 is 11.4 Å². The number of hydrogen-bond acceptors (Lipinski definition) is 4. The largest absolute Gasteiger partial charge is 0.457 e. The summed E-state index contributed by atoms with van der Waals surface area (Å²) in [7, 11) is 0. The fourth-order valence-corrected chi connectivity index (χ4v) is 6.43. The van der Waals surface area contributed by atoms with Crippen molar-refractivity contribution in [1.82, 2.24) is 0 Å². The summed E-state index contributed by atoms with van der Waals surface area (Å²) < 4.78 is 12.5. The Hall–Kier alpha value is -4.70. The first-order valence-corrected chi connectivity index (χ1v) is 14.7. The third kappa shape index (κ3) is 5.71. The summed E-state index contributed by atoms with van der Waals surface area (Å²) in [5, 5.41) is 0. The molecule has 0 aromatic heterocycles. The van der Waals surface area contributed by atoms with E-state index in [4.69, 9.17) is 20.9 Å². The van der Waals surface area contributed by atoms with Gasteiger partial charge in [-0.15, -0.1) is 0 Å². The highest BCUT2D eigenvalue weighted by Gasteiger charge is 2.38. The van der Waals surface area contributed by atoms with Crippen LogP contribution >= 0.6 is 0 Å². The molecule has 4 heteroatoms. The molecule has 42 heavy (non-hydrogen) atoms. The fourth-order valence-electron chi connectivity index (χ4n) is 6.43. The zero-order valence-electron chi connectivity index (χ0n) is 24.3. The van der Waals surface area contributed by atoms with Crippen molar-refractivity contribution in [2.75, 3.05) is 11.5 Å². The van der Waals surface area contributed by atoms with E-state index in [1.807, 2.05) is 50.2 Å². The van der Waals surface area contributed by atoms with Crippen LogP contribution in [0.5, 0.6) is 23.0 Å². The molecule has 212 valence electrons. The van der Waals surface area contributed by atoms with Crippen LogP contribution in [0, 0.1) is 13.8 Å². The maximum Gasteiger partial charge on any atom is 0.130 e. The zero-order chi connectivity index (χ0) is 29.1. The molecular formula is C38H38N2O2. The molecule has 5 aromatic rings. The van der Waals surface area contributed by atoms with Crippen molar-refractivity contribution in [2.45, 2.75) is 50.9 Å². The number of benzene rings is 5. The molecule has 0 spiro atoms. The molecule has 0 radical (unpaired) electrons. The van der Waals surface area contributed by atoms with E-state index in [2.05, 4.69) is 78.9 Å². The number of rotatable bonds is 7. The molecule has 0 unspecified atom stereocenters. The average molecular weight is 555 g/mol.